The van der Waals surface area contributed by atoms with Gasteiger partial charge < -0.3 is 14.2 Å². The third-order valence-electron chi connectivity index (χ3n) is 4.96. The van der Waals surface area contributed by atoms with Crippen LogP contribution >= 0.6 is 0 Å². The highest BCUT2D eigenvalue weighted by molar-refractivity contribution is 7.90. The van der Waals surface area contributed by atoms with Crippen LogP contribution in [0.2, 0.25) is 0 Å². The second-order valence-electron chi connectivity index (χ2n) is 6.95. The largest absolute Gasteiger partial charge is 0.496 e. The molecule has 152 valence electrons. The van der Waals surface area contributed by atoms with Crippen LogP contribution in [0.25, 0.3) is 0 Å². The molecule has 1 aliphatic heterocycles. The quantitative estimate of drug-likeness (QED) is 0.672. The van der Waals surface area contributed by atoms with Crippen molar-refractivity contribution < 1.29 is 22.6 Å². The second kappa shape index (κ2) is 8.41. The monoisotopic (exact) mass is 405 g/mol. The van der Waals surface area contributed by atoms with Crippen molar-refractivity contribution in [3.05, 3.63) is 53.1 Å². The molecule has 0 saturated carbocycles. The van der Waals surface area contributed by atoms with Crippen LogP contribution in [0.3, 0.4) is 0 Å². The van der Waals surface area contributed by atoms with E-state index in [0.29, 0.717) is 31.2 Å². The molecule has 1 atom stereocenters. The van der Waals surface area contributed by atoms with Crippen LogP contribution in [0.5, 0.6) is 17.2 Å². The molecule has 1 aliphatic rings. The van der Waals surface area contributed by atoms with Crippen molar-refractivity contribution in [3.8, 4) is 17.2 Å². The van der Waals surface area contributed by atoms with Gasteiger partial charge >= 0.3 is 0 Å². The zero-order valence-corrected chi connectivity index (χ0v) is 17.6. The smallest absolute Gasteiger partial charge is 0.161 e. The molecule has 6 nitrogen and oxygen atoms in total. The summed E-state index contributed by atoms with van der Waals surface area (Å²) in [5.41, 5.74) is 3.17. The fourth-order valence-corrected chi connectivity index (χ4v) is 4.67. The summed E-state index contributed by atoms with van der Waals surface area (Å²) in [7, 11) is 0.0513. The Labute approximate surface area is 166 Å². The highest BCUT2D eigenvalue weighted by atomic mass is 32.2. The van der Waals surface area contributed by atoms with E-state index in [9.17, 15) is 8.42 Å². The standard InChI is InChI=1S/C21H27NO5S/c1-5-27-21-11-15(9-10-20(21)26-3)18(14-28(4,23)24)22-12-16-7-6-8-19(25-2)17(16)13-22/h6-11,18H,5,12-14H2,1-4H3. The van der Waals surface area contributed by atoms with E-state index in [-0.39, 0.29) is 11.8 Å². The molecule has 0 bridgehead atoms. The Morgan fingerprint density at radius 3 is 2.43 bits per heavy atom. The minimum Gasteiger partial charge on any atom is -0.496 e. The summed E-state index contributed by atoms with van der Waals surface area (Å²) in [4.78, 5) is 2.17. The van der Waals surface area contributed by atoms with Gasteiger partial charge in [0.2, 0.25) is 0 Å². The summed E-state index contributed by atoms with van der Waals surface area (Å²) in [6.07, 6.45) is 1.27. The maximum atomic E-state index is 12.2. The lowest BCUT2D eigenvalue weighted by Gasteiger charge is -2.28. The first-order chi connectivity index (χ1) is 13.4. The fourth-order valence-electron chi connectivity index (χ4n) is 3.70. The van der Waals surface area contributed by atoms with E-state index in [0.717, 1.165) is 22.4 Å². The fraction of sp³-hybridized carbons (Fsp3) is 0.429. The van der Waals surface area contributed by atoms with Crippen molar-refractivity contribution in [2.45, 2.75) is 26.1 Å². The lowest BCUT2D eigenvalue weighted by Crippen LogP contribution is -2.29. The zero-order chi connectivity index (χ0) is 20.3. The van der Waals surface area contributed by atoms with E-state index in [1.807, 2.05) is 37.3 Å². The zero-order valence-electron chi connectivity index (χ0n) is 16.8. The molecule has 0 radical (unpaired) electrons. The molecule has 0 fully saturated rings. The average molecular weight is 406 g/mol. The van der Waals surface area contributed by atoms with Gasteiger partial charge in [0.05, 0.1) is 26.6 Å². The van der Waals surface area contributed by atoms with Crippen molar-refractivity contribution >= 4 is 9.84 Å². The molecule has 1 heterocycles. The Balaban J connectivity index is 1.98. The minimum atomic E-state index is -3.20. The number of ether oxygens (including phenoxy) is 3. The predicted octanol–water partition coefficient (Wildman–Crippen LogP) is 3.20. The van der Waals surface area contributed by atoms with E-state index in [2.05, 4.69) is 11.0 Å². The molecule has 0 spiro atoms. The number of hydrogen-bond donors (Lipinski definition) is 0. The first-order valence-corrected chi connectivity index (χ1v) is 11.3. The van der Waals surface area contributed by atoms with E-state index in [1.165, 1.54) is 6.26 Å². The van der Waals surface area contributed by atoms with Crippen LogP contribution < -0.4 is 14.2 Å². The Morgan fingerprint density at radius 2 is 1.79 bits per heavy atom. The van der Waals surface area contributed by atoms with Gasteiger partial charge in [-0.15, -0.1) is 0 Å². The highest BCUT2D eigenvalue weighted by Gasteiger charge is 2.31. The molecule has 0 aromatic heterocycles. The Kier molecular flexibility index (Phi) is 6.15. The van der Waals surface area contributed by atoms with E-state index in [1.54, 1.807) is 14.2 Å². The molecule has 28 heavy (non-hydrogen) atoms. The molecule has 0 amide bonds. The van der Waals surface area contributed by atoms with Gasteiger partial charge in [-0.25, -0.2) is 8.42 Å². The normalized spacial score (nSPS) is 15.1. The summed E-state index contributed by atoms with van der Waals surface area (Å²) >= 11 is 0. The average Bonchev–Trinajstić information content (AvgIpc) is 3.09. The van der Waals surface area contributed by atoms with Crippen LogP contribution in [0.4, 0.5) is 0 Å². The van der Waals surface area contributed by atoms with Gasteiger partial charge in [-0.3, -0.25) is 4.90 Å². The number of benzene rings is 2. The van der Waals surface area contributed by atoms with Crippen LogP contribution in [-0.2, 0) is 22.9 Å². The molecule has 2 aromatic carbocycles. The SMILES string of the molecule is CCOc1cc(C(CS(C)(=O)=O)N2Cc3cccc(OC)c3C2)ccc1OC. The molecule has 3 rings (SSSR count). The number of hydrogen-bond acceptors (Lipinski definition) is 6. The molecular weight excluding hydrogens is 378 g/mol. The van der Waals surface area contributed by atoms with Gasteiger partial charge in [0, 0.05) is 31.0 Å². The lowest BCUT2D eigenvalue weighted by molar-refractivity contribution is 0.214. The van der Waals surface area contributed by atoms with E-state index >= 15 is 0 Å². The number of fused-ring (bicyclic) bond motifs is 1. The predicted molar refractivity (Wildman–Crippen MR) is 109 cm³/mol. The van der Waals surface area contributed by atoms with Gasteiger partial charge in [0.25, 0.3) is 0 Å². The third-order valence-corrected chi connectivity index (χ3v) is 5.88. The second-order valence-corrected chi connectivity index (χ2v) is 9.14. The maximum Gasteiger partial charge on any atom is 0.161 e. The Hall–Kier alpha value is -2.25. The summed E-state index contributed by atoms with van der Waals surface area (Å²) in [5.74, 6) is 2.12. The maximum absolute atomic E-state index is 12.2. The number of sulfone groups is 1. The molecule has 7 heteroatoms. The molecule has 0 N–H and O–H groups in total. The van der Waals surface area contributed by atoms with Crippen molar-refractivity contribution in [3.63, 3.8) is 0 Å². The van der Waals surface area contributed by atoms with Crippen LogP contribution in [-0.4, -0.2) is 46.2 Å². The van der Waals surface area contributed by atoms with Gasteiger partial charge in [0.1, 0.15) is 15.6 Å². The molecular formula is C21H27NO5S. The van der Waals surface area contributed by atoms with Crippen LogP contribution in [0.1, 0.15) is 29.7 Å². The Bertz CT molecular complexity index is 942. The minimum absolute atomic E-state index is 0.0290. The van der Waals surface area contributed by atoms with Gasteiger partial charge in [-0.05, 0) is 36.2 Å². The molecule has 2 aromatic rings. The van der Waals surface area contributed by atoms with Gasteiger partial charge in [0.15, 0.2) is 11.5 Å². The summed E-state index contributed by atoms with van der Waals surface area (Å²) < 4.78 is 40.9. The highest BCUT2D eigenvalue weighted by Crippen LogP contribution is 2.38. The van der Waals surface area contributed by atoms with Crippen LogP contribution in [0, 0.1) is 0 Å². The topological polar surface area (TPSA) is 65.1 Å². The summed E-state index contributed by atoms with van der Waals surface area (Å²) in [6, 6.07) is 11.3. The summed E-state index contributed by atoms with van der Waals surface area (Å²) in [6.45, 7) is 3.71. The molecule has 0 saturated heterocycles. The number of nitrogens with zero attached hydrogens (tertiary/aromatic N) is 1. The van der Waals surface area contributed by atoms with E-state index in [4.69, 9.17) is 14.2 Å². The number of methoxy groups -OCH3 is 2. The third kappa shape index (κ3) is 4.42. The lowest BCUT2D eigenvalue weighted by atomic mass is 10.1. The van der Waals surface area contributed by atoms with Crippen molar-refractivity contribution in [1.29, 1.82) is 0 Å². The van der Waals surface area contributed by atoms with Crippen molar-refractivity contribution in [1.82, 2.24) is 4.90 Å². The first-order valence-electron chi connectivity index (χ1n) is 9.23. The first kappa shape index (κ1) is 20.5. The summed E-state index contributed by atoms with van der Waals surface area (Å²) in [5, 5.41) is 0. The number of rotatable bonds is 8. The van der Waals surface area contributed by atoms with E-state index < -0.39 is 9.84 Å². The molecule has 0 aliphatic carbocycles. The Morgan fingerprint density at radius 1 is 1.04 bits per heavy atom. The molecule has 1 unspecified atom stereocenters. The van der Waals surface area contributed by atoms with Gasteiger partial charge in [-0.1, -0.05) is 18.2 Å². The van der Waals surface area contributed by atoms with Crippen molar-refractivity contribution in [2.75, 3.05) is 32.8 Å². The van der Waals surface area contributed by atoms with Crippen molar-refractivity contribution in [2.24, 2.45) is 0 Å². The van der Waals surface area contributed by atoms with Gasteiger partial charge in [-0.2, -0.15) is 0 Å². The van der Waals surface area contributed by atoms with Crippen LogP contribution in [0.15, 0.2) is 36.4 Å².